The summed E-state index contributed by atoms with van der Waals surface area (Å²) in [4.78, 5) is 11.3. The van der Waals surface area contributed by atoms with Crippen molar-refractivity contribution in [1.82, 2.24) is 5.32 Å². The lowest BCUT2D eigenvalue weighted by molar-refractivity contribution is 0.0201. The maximum atomic E-state index is 11.3. The van der Waals surface area contributed by atoms with E-state index in [1.807, 2.05) is 0 Å². The van der Waals surface area contributed by atoms with Crippen molar-refractivity contribution in [3.05, 3.63) is 0 Å². The molecule has 0 aromatic carbocycles. The molecule has 0 aromatic rings. The molecule has 0 heterocycles. The molecule has 1 aliphatic rings. The predicted octanol–water partition coefficient (Wildman–Crippen LogP) is 0.395. The molecule has 0 aliphatic heterocycles. The summed E-state index contributed by atoms with van der Waals surface area (Å²) in [6.07, 6.45) is -1.12. The summed E-state index contributed by atoms with van der Waals surface area (Å²) in [6.45, 7) is 5.31. The summed E-state index contributed by atoms with van der Waals surface area (Å²) >= 11 is 0. The van der Waals surface area contributed by atoms with Gasteiger partial charge >= 0.3 is 6.09 Å². The number of rotatable bonds is 1. The molecule has 0 radical (unpaired) electrons. The van der Waals surface area contributed by atoms with Crippen LogP contribution >= 0.6 is 0 Å². The normalized spacial score (nSPS) is 31.4. The number of amides is 1. The summed E-state index contributed by atoms with van der Waals surface area (Å²) in [5.74, 6) is 0. The Morgan fingerprint density at radius 2 is 1.93 bits per heavy atom. The quantitative estimate of drug-likeness (QED) is 0.594. The standard InChI is InChI=1S/C10H19NO4/c1-10(2,3)15-9(14)11-6-4-5-7(12)8(6)13/h6-8,12-13H,4-5H2,1-3H3,(H,11,14)/t6-,7+,8-/m1/s1. The molecule has 0 bridgehead atoms. The van der Waals surface area contributed by atoms with E-state index < -0.39 is 29.9 Å². The second-order valence-electron chi connectivity index (χ2n) is 4.89. The monoisotopic (exact) mass is 217 g/mol. The molecule has 1 fully saturated rings. The molecule has 88 valence electrons. The Kier molecular flexibility index (Phi) is 3.57. The van der Waals surface area contributed by atoms with Gasteiger partial charge < -0.3 is 20.3 Å². The highest BCUT2D eigenvalue weighted by atomic mass is 16.6. The van der Waals surface area contributed by atoms with Gasteiger partial charge in [-0.15, -0.1) is 0 Å². The average molecular weight is 217 g/mol. The third-order valence-electron chi connectivity index (χ3n) is 2.28. The Morgan fingerprint density at radius 3 is 2.33 bits per heavy atom. The van der Waals surface area contributed by atoms with E-state index in [4.69, 9.17) is 4.74 Å². The number of aliphatic hydroxyl groups excluding tert-OH is 2. The highest BCUT2D eigenvalue weighted by molar-refractivity contribution is 5.68. The van der Waals surface area contributed by atoms with Crippen LogP contribution in [0, 0.1) is 0 Å². The second kappa shape index (κ2) is 4.37. The first-order valence-electron chi connectivity index (χ1n) is 5.15. The molecule has 0 aromatic heterocycles. The van der Waals surface area contributed by atoms with Crippen molar-refractivity contribution >= 4 is 6.09 Å². The molecular formula is C10H19NO4. The fourth-order valence-electron chi connectivity index (χ4n) is 1.58. The highest BCUT2D eigenvalue weighted by Crippen LogP contribution is 2.20. The molecule has 0 unspecified atom stereocenters. The molecule has 3 atom stereocenters. The van der Waals surface area contributed by atoms with Crippen LogP contribution in [0.1, 0.15) is 33.6 Å². The number of alkyl carbamates (subject to hydrolysis) is 1. The average Bonchev–Trinajstić information content (AvgIpc) is 2.32. The Hall–Kier alpha value is -0.810. The van der Waals surface area contributed by atoms with Gasteiger partial charge in [0.2, 0.25) is 0 Å². The van der Waals surface area contributed by atoms with Crippen LogP contribution in [0.5, 0.6) is 0 Å². The number of carbonyl (C=O) groups is 1. The van der Waals surface area contributed by atoms with Crippen LogP contribution in [0.3, 0.4) is 0 Å². The maximum Gasteiger partial charge on any atom is 0.407 e. The van der Waals surface area contributed by atoms with Gasteiger partial charge in [0.1, 0.15) is 11.7 Å². The van der Waals surface area contributed by atoms with E-state index in [0.29, 0.717) is 12.8 Å². The number of nitrogens with one attached hydrogen (secondary N) is 1. The topological polar surface area (TPSA) is 78.8 Å². The molecule has 5 heteroatoms. The van der Waals surface area contributed by atoms with E-state index in [1.54, 1.807) is 20.8 Å². The Morgan fingerprint density at radius 1 is 1.33 bits per heavy atom. The maximum absolute atomic E-state index is 11.3. The molecule has 0 spiro atoms. The molecule has 1 amide bonds. The van der Waals surface area contributed by atoms with Crippen LogP contribution in [-0.4, -0.2) is 40.2 Å². The Bertz CT molecular complexity index is 236. The lowest BCUT2D eigenvalue weighted by Crippen LogP contribution is -2.44. The van der Waals surface area contributed by atoms with E-state index in [9.17, 15) is 15.0 Å². The molecule has 1 saturated carbocycles. The molecule has 3 N–H and O–H groups in total. The van der Waals surface area contributed by atoms with Gasteiger partial charge in [-0.3, -0.25) is 0 Å². The zero-order chi connectivity index (χ0) is 11.6. The lowest BCUT2D eigenvalue weighted by Gasteiger charge is -2.23. The van der Waals surface area contributed by atoms with Gasteiger partial charge in [-0.05, 0) is 33.6 Å². The lowest BCUT2D eigenvalue weighted by atomic mass is 10.2. The van der Waals surface area contributed by atoms with Crippen molar-refractivity contribution in [2.24, 2.45) is 0 Å². The van der Waals surface area contributed by atoms with Crippen molar-refractivity contribution in [2.45, 2.75) is 57.5 Å². The van der Waals surface area contributed by atoms with Gasteiger partial charge in [0.05, 0.1) is 12.1 Å². The highest BCUT2D eigenvalue weighted by Gasteiger charge is 2.35. The fraction of sp³-hybridized carbons (Fsp3) is 0.900. The number of hydrogen-bond acceptors (Lipinski definition) is 4. The van der Waals surface area contributed by atoms with Crippen LogP contribution in [0.15, 0.2) is 0 Å². The van der Waals surface area contributed by atoms with Gasteiger partial charge in [-0.25, -0.2) is 4.79 Å². The largest absolute Gasteiger partial charge is 0.444 e. The van der Waals surface area contributed by atoms with Crippen LogP contribution in [0.25, 0.3) is 0 Å². The van der Waals surface area contributed by atoms with Crippen LogP contribution in [0.2, 0.25) is 0 Å². The van der Waals surface area contributed by atoms with Crippen molar-refractivity contribution in [3.8, 4) is 0 Å². The second-order valence-corrected chi connectivity index (χ2v) is 4.89. The van der Waals surface area contributed by atoms with Crippen molar-refractivity contribution in [2.75, 3.05) is 0 Å². The zero-order valence-electron chi connectivity index (χ0n) is 9.36. The van der Waals surface area contributed by atoms with Crippen LogP contribution in [-0.2, 0) is 4.74 Å². The van der Waals surface area contributed by atoms with Gasteiger partial charge in [-0.1, -0.05) is 0 Å². The molecule has 1 rings (SSSR count). The number of ether oxygens (including phenoxy) is 1. The third kappa shape index (κ3) is 3.68. The summed E-state index contributed by atoms with van der Waals surface area (Å²) in [7, 11) is 0. The van der Waals surface area contributed by atoms with Crippen molar-refractivity contribution in [3.63, 3.8) is 0 Å². The minimum Gasteiger partial charge on any atom is -0.444 e. The van der Waals surface area contributed by atoms with E-state index in [0.717, 1.165) is 0 Å². The molecular weight excluding hydrogens is 198 g/mol. The van der Waals surface area contributed by atoms with E-state index in [2.05, 4.69) is 5.32 Å². The Labute approximate surface area is 89.4 Å². The first kappa shape index (κ1) is 12.3. The number of carbonyl (C=O) groups excluding carboxylic acids is 1. The van der Waals surface area contributed by atoms with Crippen molar-refractivity contribution < 1.29 is 19.7 Å². The number of aliphatic hydroxyl groups is 2. The minimum atomic E-state index is -0.891. The smallest absolute Gasteiger partial charge is 0.407 e. The first-order chi connectivity index (χ1) is 6.79. The fourth-order valence-corrected chi connectivity index (χ4v) is 1.58. The van der Waals surface area contributed by atoms with E-state index in [1.165, 1.54) is 0 Å². The van der Waals surface area contributed by atoms with Crippen LogP contribution in [0.4, 0.5) is 4.79 Å². The van der Waals surface area contributed by atoms with E-state index in [-0.39, 0.29) is 0 Å². The SMILES string of the molecule is CC(C)(C)OC(=O)N[C@@H]1CC[C@H](O)[C@@H]1O. The van der Waals surface area contributed by atoms with Crippen LogP contribution < -0.4 is 5.32 Å². The summed E-state index contributed by atoms with van der Waals surface area (Å²) in [5.41, 5.74) is -0.549. The van der Waals surface area contributed by atoms with E-state index >= 15 is 0 Å². The van der Waals surface area contributed by atoms with Gasteiger partial charge in [-0.2, -0.15) is 0 Å². The van der Waals surface area contributed by atoms with Gasteiger partial charge in [0, 0.05) is 0 Å². The molecule has 1 aliphatic carbocycles. The van der Waals surface area contributed by atoms with Gasteiger partial charge in [0.15, 0.2) is 0 Å². The molecule has 0 saturated heterocycles. The van der Waals surface area contributed by atoms with Gasteiger partial charge in [0.25, 0.3) is 0 Å². The Balaban J connectivity index is 2.39. The number of hydrogen-bond donors (Lipinski definition) is 3. The summed E-state index contributed by atoms with van der Waals surface area (Å²) in [6, 6.07) is -0.408. The minimum absolute atomic E-state index is 0.408. The van der Waals surface area contributed by atoms with Crippen molar-refractivity contribution in [1.29, 1.82) is 0 Å². The molecule has 5 nitrogen and oxygen atoms in total. The molecule has 15 heavy (non-hydrogen) atoms. The predicted molar refractivity (Wildman–Crippen MR) is 54.4 cm³/mol. The summed E-state index contributed by atoms with van der Waals surface area (Å²) in [5, 5.41) is 21.3. The third-order valence-corrected chi connectivity index (χ3v) is 2.28. The zero-order valence-corrected chi connectivity index (χ0v) is 9.36. The summed E-state index contributed by atoms with van der Waals surface area (Å²) < 4.78 is 5.04. The first-order valence-corrected chi connectivity index (χ1v) is 5.15.